The fourth-order valence-corrected chi connectivity index (χ4v) is 2.09. The Hall–Kier alpha value is -2.24. The first-order valence-corrected chi connectivity index (χ1v) is 6.86. The molecular weight excluding hydrogens is 274 g/mol. The lowest BCUT2D eigenvalue weighted by molar-refractivity contribution is -0.138. The van der Waals surface area contributed by atoms with Crippen molar-refractivity contribution in [2.75, 3.05) is 13.7 Å². The van der Waals surface area contributed by atoms with E-state index in [-0.39, 0.29) is 30.9 Å². The molecule has 21 heavy (non-hydrogen) atoms. The van der Waals surface area contributed by atoms with E-state index >= 15 is 0 Å². The van der Waals surface area contributed by atoms with Crippen LogP contribution >= 0.6 is 0 Å². The third-order valence-corrected chi connectivity index (χ3v) is 3.36. The van der Waals surface area contributed by atoms with Gasteiger partial charge in [-0.25, -0.2) is 0 Å². The Bertz CT molecular complexity index is 495. The van der Waals surface area contributed by atoms with Gasteiger partial charge in [-0.05, 0) is 43.0 Å². The molecule has 1 aromatic carbocycles. The summed E-state index contributed by atoms with van der Waals surface area (Å²) in [6.45, 7) is -0.130. The molecule has 0 saturated heterocycles. The normalized spacial score (nSPS) is 15.1. The van der Waals surface area contributed by atoms with E-state index in [0.29, 0.717) is 11.5 Å². The van der Waals surface area contributed by atoms with Crippen LogP contribution in [0, 0.1) is 5.92 Å². The highest BCUT2D eigenvalue weighted by Crippen LogP contribution is 2.34. The number of carbonyl (C=O) groups excluding carboxylic acids is 1. The van der Waals surface area contributed by atoms with Crippen LogP contribution in [0.15, 0.2) is 24.3 Å². The molecule has 1 atom stereocenters. The third-order valence-electron chi connectivity index (χ3n) is 3.36. The Kier molecular flexibility index (Phi) is 5.03. The van der Waals surface area contributed by atoms with Crippen LogP contribution < -0.4 is 14.8 Å². The summed E-state index contributed by atoms with van der Waals surface area (Å²) >= 11 is 0. The van der Waals surface area contributed by atoms with Crippen molar-refractivity contribution in [3.63, 3.8) is 0 Å². The quantitative estimate of drug-likeness (QED) is 0.757. The van der Waals surface area contributed by atoms with Gasteiger partial charge in [-0.2, -0.15) is 0 Å². The van der Waals surface area contributed by atoms with E-state index in [1.54, 1.807) is 31.4 Å². The van der Waals surface area contributed by atoms with Crippen LogP contribution in [0.1, 0.15) is 19.3 Å². The van der Waals surface area contributed by atoms with Crippen LogP contribution in [0.4, 0.5) is 0 Å². The Labute approximate surface area is 123 Å². The molecule has 0 heterocycles. The predicted molar refractivity (Wildman–Crippen MR) is 75.4 cm³/mol. The first-order chi connectivity index (χ1) is 10.1. The summed E-state index contributed by atoms with van der Waals surface area (Å²) in [6, 6.07) is 6.60. The number of methoxy groups -OCH3 is 1. The van der Waals surface area contributed by atoms with Crippen molar-refractivity contribution in [2.24, 2.45) is 5.92 Å². The molecular formula is C15H19NO5. The average Bonchev–Trinajstić information content (AvgIpc) is 3.29. The van der Waals surface area contributed by atoms with E-state index in [0.717, 1.165) is 12.8 Å². The molecule has 114 valence electrons. The van der Waals surface area contributed by atoms with E-state index in [4.69, 9.17) is 14.6 Å². The number of hydrogen-bond donors (Lipinski definition) is 2. The molecule has 0 aliphatic heterocycles. The molecule has 0 bridgehead atoms. The topological polar surface area (TPSA) is 84.9 Å². The maximum atomic E-state index is 11.8. The Morgan fingerprint density at radius 1 is 1.29 bits per heavy atom. The number of hydrogen-bond acceptors (Lipinski definition) is 4. The number of benzene rings is 1. The Balaban J connectivity index is 1.78. The minimum Gasteiger partial charge on any atom is -0.497 e. The summed E-state index contributed by atoms with van der Waals surface area (Å²) in [6.07, 6.45) is 1.90. The van der Waals surface area contributed by atoms with Crippen molar-refractivity contribution in [1.29, 1.82) is 0 Å². The van der Waals surface area contributed by atoms with E-state index in [9.17, 15) is 9.59 Å². The lowest BCUT2D eigenvalue weighted by Crippen LogP contribution is -2.40. The van der Waals surface area contributed by atoms with Gasteiger partial charge in [0.25, 0.3) is 5.91 Å². The van der Waals surface area contributed by atoms with Gasteiger partial charge in [0, 0.05) is 6.04 Å². The molecule has 2 N–H and O–H groups in total. The first-order valence-electron chi connectivity index (χ1n) is 6.86. The van der Waals surface area contributed by atoms with Crippen molar-refractivity contribution < 1.29 is 24.2 Å². The van der Waals surface area contributed by atoms with Gasteiger partial charge < -0.3 is 19.9 Å². The highest BCUT2D eigenvalue weighted by molar-refractivity contribution is 5.79. The zero-order valence-electron chi connectivity index (χ0n) is 11.9. The molecule has 1 amide bonds. The molecule has 0 spiro atoms. The third kappa shape index (κ3) is 4.98. The van der Waals surface area contributed by atoms with Crippen molar-refractivity contribution >= 4 is 11.9 Å². The smallest absolute Gasteiger partial charge is 0.305 e. The molecule has 6 heteroatoms. The molecule has 0 radical (unpaired) electrons. The van der Waals surface area contributed by atoms with E-state index in [1.165, 1.54) is 0 Å². The van der Waals surface area contributed by atoms with Crippen LogP contribution in [0.25, 0.3) is 0 Å². The summed E-state index contributed by atoms with van der Waals surface area (Å²) in [7, 11) is 1.57. The molecule has 2 rings (SSSR count). The lowest BCUT2D eigenvalue weighted by Gasteiger charge is -2.16. The van der Waals surface area contributed by atoms with Gasteiger partial charge in [-0.15, -0.1) is 0 Å². The zero-order chi connectivity index (χ0) is 15.2. The summed E-state index contributed by atoms with van der Waals surface area (Å²) in [5, 5.41) is 11.6. The Morgan fingerprint density at radius 3 is 2.43 bits per heavy atom. The van der Waals surface area contributed by atoms with Gasteiger partial charge in [0.15, 0.2) is 6.61 Å². The van der Waals surface area contributed by atoms with Gasteiger partial charge in [-0.3, -0.25) is 9.59 Å². The first kappa shape index (κ1) is 15.2. The van der Waals surface area contributed by atoms with Gasteiger partial charge in [-0.1, -0.05) is 0 Å². The van der Waals surface area contributed by atoms with Crippen LogP contribution in [-0.2, 0) is 9.59 Å². The summed E-state index contributed by atoms with van der Waals surface area (Å²) < 4.78 is 10.4. The fraction of sp³-hybridized carbons (Fsp3) is 0.467. The van der Waals surface area contributed by atoms with Crippen LogP contribution in [0.2, 0.25) is 0 Å². The second kappa shape index (κ2) is 6.97. The van der Waals surface area contributed by atoms with Crippen molar-refractivity contribution in [3.8, 4) is 11.5 Å². The Morgan fingerprint density at radius 2 is 1.90 bits per heavy atom. The molecule has 1 aliphatic carbocycles. The largest absolute Gasteiger partial charge is 0.497 e. The van der Waals surface area contributed by atoms with E-state index < -0.39 is 5.97 Å². The lowest BCUT2D eigenvalue weighted by atomic mass is 10.1. The summed E-state index contributed by atoms with van der Waals surface area (Å²) in [5.41, 5.74) is 0. The molecule has 1 aromatic rings. The number of carboxylic acids is 1. The highest BCUT2D eigenvalue weighted by atomic mass is 16.5. The minimum absolute atomic E-state index is 0.0427. The molecule has 1 saturated carbocycles. The van der Waals surface area contributed by atoms with Crippen molar-refractivity contribution in [2.45, 2.75) is 25.3 Å². The standard InChI is InChI=1S/C15H19NO5/c1-20-11-4-6-12(7-5-11)21-9-14(17)16-13(8-15(18)19)10-2-3-10/h4-7,10,13H,2-3,8-9H2,1H3,(H,16,17)(H,18,19). The van der Waals surface area contributed by atoms with Gasteiger partial charge >= 0.3 is 5.97 Å². The van der Waals surface area contributed by atoms with Gasteiger partial charge in [0.2, 0.25) is 0 Å². The monoisotopic (exact) mass is 293 g/mol. The van der Waals surface area contributed by atoms with E-state index in [1.807, 2.05) is 0 Å². The number of carbonyl (C=O) groups is 2. The maximum Gasteiger partial charge on any atom is 0.305 e. The number of rotatable bonds is 8. The van der Waals surface area contributed by atoms with Gasteiger partial charge in [0.1, 0.15) is 11.5 Å². The van der Waals surface area contributed by atoms with E-state index in [2.05, 4.69) is 5.32 Å². The molecule has 6 nitrogen and oxygen atoms in total. The fourth-order valence-electron chi connectivity index (χ4n) is 2.09. The summed E-state index contributed by atoms with van der Waals surface area (Å²) in [5.74, 6) is 0.354. The molecule has 1 unspecified atom stereocenters. The minimum atomic E-state index is -0.900. The van der Waals surface area contributed by atoms with Crippen molar-refractivity contribution in [1.82, 2.24) is 5.32 Å². The molecule has 0 aromatic heterocycles. The second-order valence-corrected chi connectivity index (χ2v) is 5.07. The molecule has 1 fully saturated rings. The maximum absolute atomic E-state index is 11.8. The second-order valence-electron chi connectivity index (χ2n) is 5.07. The molecule has 1 aliphatic rings. The average molecular weight is 293 g/mol. The SMILES string of the molecule is COc1ccc(OCC(=O)NC(CC(=O)O)C2CC2)cc1. The van der Waals surface area contributed by atoms with Crippen LogP contribution in [0.5, 0.6) is 11.5 Å². The number of carboxylic acid groups (broad SMARTS) is 1. The number of ether oxygens (including phenoxy) is 2. The number of nitrogens with one attached hydrogen (secondary N) is 1. The van der Waals surface area contributed by atoms with Crippen LogP contribution in [-0.4, -0.2) is 36.7 Å². The highest BCUT2D eigenvalue weighted by Gasteiger charge is 2.33. The number of amides is 1. The van der Waals surface area contributed by atoms with Crippen molar-refractivity contribution in [3.05, 3.63) is 24.3 Å². The zero-order valence-corrected chi connectivity index (χ0v) is 11.9. The van der Waals surface area contributed by atoms with Gasteiger partial charge in [0.05, 0.1) is 13.5 Å². The number of aliphatic carboxylic acids is 1. The summed E-state index contributed by atoms with van der Waals surface area (Å²) in [4.78, 5) is 22.6. The van der Waals surface area contributed by atoms with Crippen LogP contribution in [0.3, 0.4) is 0 Å². The predicted octanol–water partition coefficient (Wildman–Crippen LogP) is 1.44.